The van der Waals surface area contributed by atoms with E-state index in [2.05, 4.69) is 34.4 Å². The van der Waals surface area contributed by atoms with Gasteiger partial charge in [0.05, 0.1) is 18.4 Å². The van der Waals surface area contributed by atoms with Gasteiger partial charge in [0.25, 0.3) is 5.91 Å². The maximum atomic E-state index is 12.3. The zero-order chi connectivity index (χ0) is 22.1. The molecule has 2 N–H and O–H groups in total. The lowest BCUT2D eigenvalue weighted by molar-refractivity contribution is -0.121. The molecule has 0 atom stereocenters. The second kappa shape index (κ2) is 11.9. The van der Waals surface area contributed by atoms with Crippen LogP contribution in [0.2, 0.25) is 0 Å². The maximum absolute atomic E-state index is 12.3. The number of para-hydroxylation sites is 2. The first-order valence-electron chi connectivity index (χ1n) is 11.4. The Bertz CT molecular complexity index is 732. The summed E-state index contributed by atoms with van der Waals surface area (Å²) >= 11 is 0. The molecule has 0 aromatic heterocycles. The van der Waals surface area contributed by atoms with Crippen LogP contribution in [0.15, 0.2) is 29.3 Å². The van der Waals surface area contributed by atoms with E-state index in [-0.39, 0.29) is 12.5 Å². The summed E-state index contributed by atoms with van der Waals surface area (Å²) < 4.78 is 11.2. The van der Waals surface area contributed by atoms with Crippen molar-refractivity contribution in [2.24, 2.45) is 4.99 Å². The molecule has 8 nitrogen and oxygen atoms in total. The second-order valence-corrected chi connectivity index (χ2v) is 8.33. The van der Waals surface area contributed by atoms with Crippen LogP contribution in [0.5, 0.6) is 5.75 Å². The van der Waals surface area contributed by atoms with Crippen molar-refractivity contribution in [2.45, 2.75) is 45.3 Å². The molecule has 172 valence electrons. The molecule has 2 aliphatic heterocycles. The lowest BCUT2D eigenvalue weighted by Crippen LogP contribution is -2.49. The summed E-state index contributed by atoms with van der Waals surface area (Å²) in [6, 6.07) is 8.12. The van der Waals surface area contributed by atoms with Crippen LogP contribution in [-0.2, 0) is 9.53 Å². The van der Waals surface area contributed by atoms with E-state index in [4.69, 9.17) is 9.47 Å². The minimum absolute atomic E-state index is 0.00626. The standard InChI is InChI=1S/C23H37N5O3/c1-18(2)30-16-15-27-13-9-19(10-14-27)26-23(24-3)25-11-6-12-28-20-7-4-5-8-21(20)31-17-22(28)29/h4-5,7-8,18-19H,6,9-17H2,1-3H3,(H2,24,25,26). The Morgan fingerprint density at radius 1 is 1.26 bits per heavy atom. The molecule has 0 radical (unpaired) electrons. The van der Waals surface area contributed by atoms with Crippen LogP contribution in [0.1, 0.15) is 33.1 Å². The molecule has 1 fully saturated rings. The number of nitrogens with zero attached hydrogens (tertiary/aromatic N) is 3. The largest absolute Gasteiger partial charge is 0.482 e. The molecule has 0 bridgehead atoms. The molecule has 0 spiro atoms. The number of carbonyl (C=O) groups is 1. The molecule has 0 saturated carbocycles. The fourth-order valence-electron chi connectivity index (χ4n) is 3.95. The Hall–Kier alpha value is -2.32. The minimum atomic E-state index is 0.00626. The Kier molecular flexibility index (Phi) is 8.97. The SMILES string of the molecule is CN=C(NCCCN1C(=O)COc2ccccc21)NC1CCN(CCOC(C)C)CC1. The first-order chi connectivity index (χ1) is 15.1. The highest BCUT2D eigenvalue weighted by Crippen LogP contribution is 2.31. The number of fused-ring (bicyclic) bond motifs is 1. The molecule has 8 heteroatoms. The number of aliphatic imine (C=N–C) groups is 1. The van der Waals surface area contributed by atoms with Crippen LogP contribution in [-0.4, -0.2) is 81.9 Å². The van der Waals surface area contributed by atoms with Gasteiger partial charge in [0.1, 0.15) is 5.75 Å². The number of ether oxygens (including phenoxy) is 2. The number of hydrogen-bond donors (Lipinski definition) is 2. The number of carbonyl (C=O) groups excluding carboxylic acids is 1. The number of rotatable bonds is 9. The molecular formula is C23H37N5O3. The smallest absolute Gasteiger partial charge is 0.265 e. The molecule has 2 aliphatic rings. The van der Waals surface area contributed by atoms with Crippen LogP contribution in [0, 0.1) is 0 Å². The summed E-state index contributed by atoms with van der Waals surface area (Å²) in [7, 11) is 1.80. The Morgan fingerprint density at radius 2 is 2.03 bits per heavy atom. The van der Waals surface area contributed by atoms with Gasteiger partial charge < -0.3 is 29.9 Å². The molecule has 1 saturated heterocycles. The fraction of sp³-hybridized carbons (Fsp3) is 0.652. The summed E-state index contributed by atoms with van der Waals surface area (Å²) in [5.41, 5.74) is 0.854. The first-order valence-corrected chi connectivity index (χ1v) is 11.4. The quantitative estimate of drug-likeness (QED) is 0.353. The molecule has 3 rings (SSSR count). The summed E-state index contributed by atoms with van der Waals surface area (Å²) in [6.07, 6.45) is 3.32. The Morgan fingerprint density at radius 3 is 2.77 bits per heavy atom. The third-order valence-corrected chi connectivity index (χ3v) is 5.67. The van der Waals surface area contributed by atoms with Crippen molar-refractivity contribution in [1.82, 2.24) is 15.5 Å². The van der Waals surface area contributed by atoms with Crippen molar-refractivity contribution in [3.8, 4) is 5.75 Å². The van der Waals surface area contributed by atoms with Gasteiger partial charge in [0, 0.05) is 45.8 Å². The zero-order valence-corrected chi connectivity index (χ0v) is 19.1. The molecule has 1 aromatic carbocycles. The molecule has 0 aliphatic carbocycles. The van der Waals surface area contributed by atoms with Crippen LogP contribution < -0.4 is 20.3 Å². The van der Waals surface area contributed by atoms with Crippen molar-refractivity contribution in [2.75, 3.05) is 57.9 Å². The van der Waals surface area contributed by atoms with E-state index in [1.165, 1.54) is 0 Å². The van der Waals surface area contributed by atoms with Gasteiger partial charge >= 0.3 is 0 Å². The Labute approximate surface area is 186 Å². The van der Waals surface area contributed by atoms with Gasteiger partial charge in [-0.15, -0.1) is 0 Å². The normalized spacial score (nSPS) is 18.1. The van der Waals surface area contributed by atoms with E-state index in [0.29, 0.717) is 18.7 Å². The maximum Gasteiger partial charge on any atom is 0.265 e. The summed E-state index contributed by atoms with van der Waals surface area (Å²) in [5.74, 6) is 1.61. The van der Waals surface area contributed by atoms with Gasteiger partial charge in [-0.25, -0.2) is 0 Å². The van der Waals surface area contributed by atoms with Crippen molar-refractivity contribution >= 4 is 17.6 Å². The number of amides is 1. The molecule has 1 aromatic rings. The van der Waals surface area contributed by atoms with Crippen molar-refractivity contribution < 1.29 is 14.3 Å². The predicted molar refractivity (Wildman–Crippen MR) is 124 cm³/mol. The van der Waals surface area contributed by atoms with Gasteiger partial charge in [-0.2, -0.15) is 0 Å². The van der Waals surface area contributed by atoms with Gasteiger partial charge in [-0.1, -0.05) is 12.1 Å². The number of guanidine groups is 1. The van der Waals surface area contributed by atoms with Gasteiger partial charge in [0.2, 0.25) is 0 Å². The van der Waals surface area contributed by atoms with Crippen LogP contribution in [0.25, 0.3) is 0 Å². The van der Waals surface area contributed by atoms with E-state index in [1.807, 2.05) is 29.2 Å². The lowest BCUT2D eigenvalue weighted by atomic mass is 10.1. The average Bonchev–Trinajstić information content (AvgIpc) is 2.78. The number of hydrogen-bond acceptors (Lipinski definition) is 5. The van der Waals surface area contributed by atoms with E-state index < -0.39 is 0 Å². The Balaban J connectivity index is 1.35. The van der Waals surface area contributed by atoms with Gasteiger partial charge in [-0.3, -0.25) is 9.79 Å². The van der Waals surface area contributed by atoms with Crippen LogP contribution in [0.3, 0.4) is 0 Å². The van der Waals surface area contributed by atoms with Gasteiger partial charge in [0.15, 0.2) is 12.6 Å². The van der Waals surface area contributed by atoms with Crippen LogP contribution in [0.4, 0.5) is 5.69 Å². The predicted octanol–water partition coefficient (Wildman–Crippen LogP) is 1.86. The van der Waals surface area contributed by atoms with E-state index in [1.54, 1.807) is 7.05 Å². The number of nitrogens with one attached hydrogen (secondary N) is 2. The summed E-state index contributed by atoms with van der Waals surface area (Å²) in [6.45, 7) is 9.62. The first kappa shape index (κ1) is 23.3. The highest BCUT2D eigenvalue weighted by Gasteiger charge is 2.24. The summed E-state index contributed by atoms with van der Waals surface area (Å²) in [5, 5.41) is 6.93. The van der Waals surface area contributed by atoms with E-state index in [0.717, 1.165) is 69.4 Å². The van der Waals surface area contributed by atoms with Crippen molar-refractivity contribution in [1.29, 1.82) is 0 Å². The topological polar surface area (TPSA) is 78.4 Å². The fourth-order valence-corrected chi connectivity index (χ4v) is 3.95. The monoisotopic (exact) mass is 431 g/mol. The third kappa shape index (κ3) is 7.11. The van der Waals surface area contributed by atoms with E-state index in [9.17, 15) is 4.79 Å². The van der Waals surface area contributed by atoms with Crippen molar-refractivity contribution in [3.05, 3.63) is 24.3 Å². The average molecular weight is 432 g/mol. The molecular weight excluding hydrogens is 394 g/mol. The highest BCUT2D eigenvalue weighted by molar-refractivity contribution is 5.97. The van der Waals surface area contributed by atoms with Crippen molar-refractivity contribution in [3.63, 3.8) is 0 Å². The molecule has 0 unspecified atom stereocenters. The number of benzene rings is 1. The summed E-state index contributed by atoms with van der Waals surface area (Å²) in [4.78, 5) is 20.9. The molecule has 2 heterocycles. The molecule has 31 heavy (non-hydrogen) atoms. The number of likely N-dealkylation sites (tertiary alicyclic amines) is 1. The van der Waals surface area contributed by atoms with Gasteiger partial charge in [-0.05, 0) is 45.2 Å². The zero-order valence-electron chi connectivity index (χ0n) is 19.1. The minimum Gasteiger partial charge on any atom is -0.482 e. The lowest BCUT2D eigenvalue weighted by Gasteiger charge is -2.33. The highest BCUT2D eigenvalue weighted by atomic mass is 16.5. The second-order valence-electron chi connectivity index (χ2n) is 8.33. The molecule has 1 amide bonds. The number of piperidine rings is 1. The number of anilines is 1. The van der Waals surface area contributed by atoms with Crippen LogP contribution >= 0.6 is 0 Å². The van der Waals surface area contributed by atoms with E-state index >= 15 is 0 Å². The third-order valence-electron chi connectivity index (χ3n) is 5.67.